The summed E-state index contributed by atoms with van der Waals surface area (Å²) in [5, 5.41) is -0.0307. The van der Waals surface area contributed by atoms with Crippen LogP contribution < -0.4 is 9.62 Å². The van der Waals surface area contributed by atoms with E-state index >= 15 is 0 Å². The second kappa shape index (κ2) is 9.74. The van der Waals surface area contributed by atoms with Gasteiger partial charge in [0, 0.05) is 18.8 Å². The lowest BCUT2D eigenvalue weighted by atomic mass is 10.2. The normalized spacial score (nSPS) is 12.9. The molecule has 3 aromatic carbocycles. The molecule has 0 atom stereocenters. The van der Waals surface area contributed by atoms with Crippen LogP contribution >= 0.6 is 11.6 Å². The molecule has 1 N–H and O–H groups in total. The first-order valence-corrected chi connectivity index (χ1v) is 12.1. The van der Waals surface area contributed by atoms with Crippen LogP contribution in [-0.4, -0.2) is 33.4 Å². The Morgan fingerprint density at radius 2 is 1.73 bits per heavy atom. The number of nitrogens with one attached hydrogen (secondary N) is 1. The van der Waals surface area contributed by atoms with Gasteiger partial charge in [0.05, 0.1) is 10.6 Å². The fraction of sp³-hybridized carbons (Fsp3) is 0.167. The van der Waals surface area contributed by atoms with Crippen LogP contribution in [0, 0.1) is 0 Å². The SMILES string of the molecule is O=C(OCC(=O)N1CCc2ccccc21)c1ccc(Cl)c(S(=O)(=O)NCc2ccccc2)c1. The van der Waals surface area contributed by atoms with E-state index in [4.69, 9.17) is 16.3 Å². The number of carbonyl (C=O) groups excluding carboxylic acids is 2. The van der Waals surface area contributed by atoms with Crippen molar-refractivity contribution in [2.75, 3.05) is 18.1 Å². The van der Waals surface area contributed by atoms with Crippen LogP contribution in [0.2, 0.25) is 5.02 Å². The molecule has 0 radical (unpaired) electrons. The molecule has 4 rings (SSSR count). The van der Waals surface area contributed by atoms with E-state index in [0.29, 0.717) is 6.54 Å². The number of anilines is 1. The van der Waals surface area contributed by atoms with Crippen molar-refractivity contribution in [3.63, 3.8) is 0 Å². The quantitative estimate of drug-likeness (QED) is 0.517. The van der Waals surface area contributed by atoms with Crippen LogP contribution in [-0.2, 0) is 32.5 Å². The number of sulfonamides is 1. The van der Waals surface area contributed by atoms with E-state index in [-0.39, 0.29) is 27.9 Å². The Morgan fingerprint density at radius 3 is 2.52 bits per heavy atom. The summed E-state index contributed by atoms with van der Waals surface area (Å²) in [6, 6.07) is 20.4. The highest BCUT2D eigenvalue weighted by atomic mass is 35.5. The van der Waals surface area contributed by atoms with E-state index in [9.17, 15) is 18.0 Å². The van der Waals surface area contributed by atoms with E-state index in [1.54, 1.807) is 29.2 Å². The third-order valence-electron chi connectivity index (χ3n) is 5.28. The first-order valence-electron chi connectivity index (χ1n) is 10.2. The zero-order valence-electron chi connectivity index (χ0n) is 17.5. The summed E-state index contributed by atoms with van der Waals surface area (Å²) in [5.41, 5.74) is 2.62. The minimum atomic E-state index is -3.99. The topological polar surface area (TPSA) is 92.8 Å². The summed E-state index contributed by atoms with van der Waals surface area (Å²) in [6.45, 7) is 0.135. The van der Waals surface area contributed by atoms with Gasteiger partial charge in [0.25, 0.3) is 5.91 Å². The van der Waals surface area contributed by atoms with Crippen molar-refractivity contribution >= 4 is 39.2 Å². The molecule has 170 valence electrons. The van der Waals surface area contributed by atoms with Gasteiger partial charge < -0.3 is 9.64 Å². The lowest BCUT2D eigenvalue weighted by Gasteiger charge is -2.17. The summed E-state index contributed by atoms with van der Waals surface area (Å²) in [7, 11) is -3.99. The maximum atomic E-state index is 12.7. The van der Waals surface area contributed by atoms with Crippen molar-refractivity contribution < 1.29 is 22.7 Å². The Kier molecular flexibility index (Phi) is 6.78. The van der Waals surface area contributed by atoms with Gasteiger partial charge in [-0.3, -0.25) is 4.79 Å². The highest BCUT2D eigenvalue weighted by Crippen LogP contribution is 2.27. The minimum absolute atomic E-state index is 0.0193. The Balaban J connectivity index is 1.42. The summed E-state index contributed by atoms with van der Waals surface area (Å²) < 4.78 is 33.1. The molecule has 1 aliphatic heterocycles. The maximum Gasteiger partial charge on any atom is 0.338 e. The lowest BCUT2D eigenvalue weighted by molar-refractivity contribution is -0.121. The number of halogens is 1. The van der Waals surface area contributed by atoms with Crippen molar-refractivity contribution in [1.82, 2.24) is 4.72 Å². The van der Waals surface area contributed by atoms with Crippen molar-refractivity contribution in [3.8, 4) is 0 Å². The van der Waals surface area contributed by atoms with Crippen LogP contribution in [0.5, 0.6) is 0 Å². The summed E-state index contributed by atoms with van der Waals surface area (Å²) >= 11 is 6.10. The largest absolute Gasteiger partial charge is 0.452 e. The van der Waals surface area contributed by atoms with Crippen LogP contribution in [0.4, 0.5) is 5.69 Å². The van der Waals surface area contributed by atoms with E-state index < -0.39 is 22.6 Å². The van der Waals surface area contributed by atoms with Gasteiger partial charge in [-0.05, 0) is 41.8 Å². The third kappa shape index (κ3) is 5.24. The minimum Gasteiger partial charge on any atom is -0.452 e. The first-order chi connectivity index (χ1) is 15.8. The van der Waals surface area contributed by atoms with Gasteiger partial charge in [0.2, 0.25) is 10.0 Å². The predicted octanol–water partition coefficient (Wildman–Crippen LogP) is 3.56. The second-order valence-electron chi connectivity index (χ2n) is 7.46. The molecule has 0 fully saturated rings. The summed E-state index contributed by atoms with van der Waals surface area (Å²) in [6.07, 6.45) is 0.740. The predicted molar refractivity (Wildman–Crippen MR) is 125 cm³/mol. The van der Waals surface area contributed by atoms with E-state index in [2.05, 4.69) is 4.72 Å². The number of amides is 1. The van der Waals surface area contributed by atoms with E-state index in [1.165, 1.54) is 12.1 Å². The number of fused-ring (bicyclic) bond motifs is 1. The van der Waals surface area contributed by atoms with Crippen molar-refractivity contribution in [1.29, 1.82) is 0 Å². The Morgan fingerprint density at radius 1 is 1.00 bits per heavy atom. The van der Waals surface area contributed by atoms with Gasteiger partial charge in [-0.25, -0.2) is 17.9 Å². The molecule has 0 unspecified atom stereocenters. The van der Waals surface area contributed by atoms with Crippen LogP contribution in [0.15, 0.2) is 77.7 Å². The standard InChI is InChI=1S/C24H21ClN2O5S/c25-20-11-10-19(14-22(20)33(30,31)26-15-17-6-2-1-3-7-17)24(29)32-16-23(28)27-13-12-18-8-4-5-9-21(18)27/h1-11,14,26H,12-13,15-16H2. The zero-order valence-corrected chi connectivity index (χ0v) is 19.1. The first kappa shape index (κ1) is 23.0. The number of hydrogen-bond acceptors (Lipinski definition) is 5. The van der Waals surface area contributed by atoms with Crippen LogP contribution in [0.1, 0.15) is 21.5 Å². The van der Waals surface area contributed by atoms with E-state index in [1.807, 2.05) is 30.3 Å². The number of hydrogen-bond donors (Lipinski definition) is 1. The summed E-state index contributed by atoms with van der Waals surface area (Å²) in [5.74, 6) is -1.16. The fourth-order valence-corrected chi connectivity index (χ4v) is 5.12. The second-order valence-corrected chi connectivity index (χ2v) is 9.60. The van der Waals surface area contributed by atoms with Gasteiger partial charge in [0.1, 0.15) is 4.90 Å². The third-order valence-corrected chi connectivity index (χ3v) is 7.16. The lowest BCUT2D eigenvalue weighted by Crippen LogP contribution is -2.33. The molecule has 1 aliphatic rings. The number of esters is 1. The van der Waals surface area contributed by atoms with Crippen LogP contribution in [0.25, 0.3) is 0 Å². The molecule has 0 saturated carbocycles. The Bertz CT molecular complexity index is 1300. The van der Waals surface area contributed by atoms with Gasteiger partial charge in [-0.2, -0.15) is 0 Å². The van der Waals surface area contributed by atoms with Crippen molar-refractivity contribution in [2.24, 2.45) is 0 Å². The van der Waals surface area contributed by atoms with Crippen molar-refractivity contribution in [3.05, 3.63) is 94.5 Å². The Labute approximate surface area is 197 Å². The number of ether oxygens (including phenoxy) is 1. The number of nitrogens with zero attached hydrogens (tertiary/aromatic N) is 1. The Hall–Kier alpha value is -3.20. The van der Waals surface area contributed by atoms with Crippen molar-refractivity contribution in [2.45, 2.75) is 17.9 Å². The molecule has 9 heteroatoms. The van der Waals surface area contributed by atoms with E-state index in [0.717, 1.165) is 29.3 Å². The van der Waals surface area contributed by atoms with Crippen LogP contribution in [0.3, 0.4) is 0 Å². The molecule has 33 heavy (non-hydrogen) atoms. The monoisotopic (exact) mass is 484 g/mol. The fourth-order valence-electron chi connectivity index (χ4n) is 3.57. The molecular formula is C24H21ClN2O5S. The van der Waals surface area contributed by atoms with Gasteiger partial charge >= 0.3 is 5.97 Å². The molecule has 1 heterocycles. The average molecular weight is 485 g/mol. The molecule has 7 nitrogen and oxygen atoms in total. The molecule has 0 spiro atoms. The van der Waals surface area contributed by atoms with Gasteiger partial charge in [-0.1, -0.05) is 60.1 Å². The molecule has 1 amide bonds. The number of benzene rings is 3. The molecule has 0 saturated heterocycles. The molecule has 0 aromatic heterocycles. The molecular weight excluding hydrogens is 464 g/mol. The highest BCUT2D eigenvalue weighted by molar-refractivity contribution is 7.89. The smallest absolute Gasteiger partial charge is 0.338 e. The number of para-hydroxylation sites is 1. The maximum absolute atomic E-state index is 12.7. The molecule has 0 aliphatic carbocycles. The van der Waals surface area contributed by atoms with Gasteiger partial charge in [0.15, 0.2) is 6.61 Å². The van der Waals surface area contributed by atoms with Gasteiger partial charge in [-0.15, -0.1) is 0 Å². The average Bonchev–Trinajstić information content (AvgIpc) is 3.26. The molecule has 0 bridgehead atoms. The summed E-state index contributed by atoms with van der Waals surface area (Å²) in [4.78, 5) is 26.4. The number of rotatable bonds is 7. The highest BCUT2D eigenvalue weighted by Gasteiger charge is 2.26. The number of carbonyl (C=O) groups is 2. The zero-order chi connectivity index (χ0) is 23.4. The molecule has 3 aromatic rings.